The van der Waals surface area contributed by atoms with Crippen molar-refractivity contribution in [3.8, 4) is 5.75 Å². The van der Waals surface area contributed by atoms with E-state index >= 15 is 0 Å². The Morgan fingerprint density at radius 3 is 2.09 bits per heavy atom. The standard InChI is InChI=1S/C34H43N3O5S/c1-25(2)28-17-19-30(20-18-28)37(43(40,41)32-13-9-6-10-14-32)24-33(38)36(23-27-15-21-31(42-4)22-16-27)26(3)34(39)35-29-11-7-5-8-12-29/h6,9-10,13-22,25-26,29H,5,7-8,11-12,23-24H2,1-4H3,(H,35,39)/t26-/m1/s1. The highest BCUT2D eigenvalue weighted by Crippen LogP contribution is 2.27. The van der Waals surface area contributed by atoms with E-state index in [1.165, 1.54) is 17.0 Å². The van der Waals surface area contributed by atoms with Crippen molar-refractivity contribution in [1.29, 1.82) is 0 Å². The predicted molar refractivity (Wildman–Crippen MR) is 170 cm³/mol. The molecule has 4 rings (SSSR count). The number of anilines is 1. The van der Waals surface area contributed by atoms with Crippen LogP contribution in [-0.4, -0.2) is 50.9 Å². The minimum absolute atomic E-state index is 0.0797. The topological polar surface area (TPSA) is 96.0 Å². The number of carbonyl (C=O) groups excluding carboxylic acids is 2. The molecule has 1 aliphatic carbocycles. The average Bonchev–Trinajstić information content (AvgIpc) is 3.03. The minimum atomic E-state index is -4.10. The van der Waals surface area contributed by atoms with Gasteiger partial charge in [-0.3, -0.25) is 13.9 Å². The van der Waals surface area contributed by atoms with Gasteiger partial charge in [0.05, 0.1) is 17.7 Å². The van der Waals surface area contributed by atoms with E-state index in [4.69, 9.17) is 4.74 Å². The highest BCUT2D eigenvalue weighted by atomic mass is 32.2. The molecule has 0 spiro atoms. The number of methoxy groups -OCH3 is 1. The Bertz CT molecular complexity index is 1450. The molecule has 8 nitrogen and oxygen atoms in total. The quantitative estimate of drug-likeness (QED) is 0.278. The van der Waals surface area contributed by atoms with E-state index in [2.05, 4.69) is 19.2 Å². The Hall–Kier alpha value is -3.85. The molecule has 2 amide bonds. The molecule has 0 unspecified atom stereocenters. The van der Waals surface area contributed by atoms with Gasteiger partial charge < -0.3 is 15.0 Å². The molecule has 230 valence electrons. The number of hydrogen-bond acceptors (Lipinski definition) is 5. The molecule has 3 aromatic rings. The summed E-state index contributed by atoms with van der Waals surface area (Å²) in [5.74, 6) is 0.218. The molecular formula is C34H43N3O5S. The van der Waals surface area contributed by atoms with Crippen LogP contribution in [0.1, 0.15) is 69.9 Å². The van der Waals surface area contributed by atoms with Crippen LogP contribution >= 0.6 is 0 Å². The molecule has 1 saturated carbocycles. The van der Waals surface area contributed by atoms with Gasteiger partial charge in [-0.05, 0) is 73.2 Å². The fourth-order valence-electron chi connectivity index (χ4n) is 5.35. The molecular weight excluding hydrogens is 562 g/mol. The summed E-state index contributed by atoms with van der Waals surface area (Å²) in [6.45, 7) is 5.50. The number of nitrogens with zero attached hydrogens (tertiary/aromatic N) is 2. The molecule has 1 fully saturated rings. The summed E-state index contributed by atoms with van der Waals surface area (Å²) < 4.78 is 34.4. The second-order valence-electron chi connectivity index (χ2n) is 11.5. The molecule has 1 aliphatic rings. The van der Waals surface area contributed by atoms with Crippen molar-refractivity contribution < 1.29 is 22.7 Å². The Morgan fingerprint density at radius 2 is 1.51 bits per heavy atom. The molecule has 43 heavy (non-hydrogen) atoms. The largest absolute Gasteiger partial charge is 0.497 e. The summed E-state index contributed by atoms with van der Waals surface area (Å²) in [4.78, 5) is 29.2. The van der Waals surface area contributed by atoms with Gasteiger partial charge in [-0.2, -0.15) is 0 Å². The SMILES string of the molecule is COc1ccc(CN(C(=O)CN(c2ccc(C(C)C)cc2)S(=O)(=O)c2ccccc2)[C@H](C)C(=O)NC2CCCCC2)cc1. The van der Waals surface area contributed by atoms with Crippen LogP contribution in [0.3, 0.4) is 0 Å². The van der Waals surface area contributed by atoms with Crippen molar-refractivity contribution in [2.75, 3.05) is 18.0 Å². The maximum Gasteiger partial charge on any atom is 0.264 e. The zero-order valence-corrected chi connectivity index (χ0v) is 26.3. The molecule has 0 aromatic heterocycles. The van der Waals surface area contributed by atoms with Crippen molar-refractivity contribution in [2.24, 2.45) is 0 Å². The van der Waals surface area contributed by atoms with Crippen molar-refractivity contribution >= 4 is 27.5 Å². The van der Waals surface area contributed by atoms with Gasteiger partial charge in [0.25, 0.3) is 10.0 Å². The lowest BCUT2D eigenvalue weighted by atomic mass is 9.95. The first-order valence-electron chi connectivity index (χ1n) is 15.0. The minimum Gasteiger partial charge on any atom is -0.497 e. The zero-order valence-electron chi connectivity index (χ0n) is 25.5. The summed E-state index contributed by atoms with van der Waals surface area (Å²) in [5.41, 5.74) is 2.23. The van der Waals surface area contributed by atoms with Crippen molar-refractivity contribution in [3.63, 3.8) is 0 Å². The predicted octanol–water partition coefficient (Wildman–Crippen LogP) is 5.88. The number of benzene rings is 3. The normalized spacial score (nSPS) is 14.6. The second kappa shape index (κ2) is 14.6. The van der Waals surface area contributed by atoms with Gasteiger partial charge in [0.15, 0.2) is 0 Å². The van der Waals surface area contributed by atoms with Gasteiger partial charge in [0.1, 0.15) is 18.3 Å². The molecule has 1 atom stereocenters. The molecule has 0 heterocycles. The first kappa shape index (κ1) is 32.1. The van der Waals surface area contributed by atoms with Crippen LogP contribution in [0.15, 0.2) is 83.8 Å². The Balaban J connectivity index is 1.67. The van der Waals surface area contributed by atoms with E-state index in [1.54, 1.807) is 56.5 Å². The number of carbonyl (C=O) groups is 2. The van der Waals surface area contributed by atoms with E-state index < -0.39 is 28.5 Å². The number of hydrogen-bond donors (Lipinski definition) is 1. The van der Waals surface area contributed by atoms with Crippen LogP contribution in [0, 0.1) is 0 Å². The van der Waals surface area contributed by atoms with Crippen LogP contribution in [0.2, 0.25) is 0 Å². The Labute approximate surface area is 256 Å². The van der Waals surface area contributed by atoms with E-state index in [0.717, 1.165) is 47.5 Å². The third kappa shape index (κ3) is 8.16. The fraction of sp³-hybridized carbons (Fsp3) is 0.412. The summed E-state index contributed by atoms with van der Waals surface area (Å²) in [6.07, 6.45) is 5.13. The van der Waals surface area contributed by atoms with Gasteiger partial charge >= 0.3 is 0 Å². The van der Waals surface area contributed by atoms with Crippen molar-refractivity contribution in [3.05, 3.63) is 90.0 Å². The number of sulfonamides is 1. The van der Waals surface area contributed by atoms with E-state index in [0.29, 0.717) is 11.4 Å². The Kier molecular flexibility index (Phi) is 10.9. The first-order valence-corrected chi connectivity index (χ1v) is 16.4. The van der Waals surface area contributed by atoms with Crippen LogP contribution in [0.25, 0.3) is 0 Å². The van der Waals surface area contributed by atoms with Gasteiger partial charge in [-0.1, -0.05) is 75.6 Å². The molecule has 0 aliphatic heterocycles. The Morgan fingerprint density at radius 1 is 0.884 bits per heavy atom. The third-order valence-corrected chi connectivity index (χ3v) is 9.88. The lowest BCUT2D eigenvalue weighted by Crippen LogP contribution is -2.53. The monoisotopic (exact) mass is 605 g/mol. The maximum atomic E-state index is 14.2. The van der Waals surface area contributed by atoms with Crippen molar-refractivity contribution in [1.82, 2.24) is 10.2 Å². The molecule has 0 saturated heterocycles. The number of rotatable bonds is 12. The van der Waals surface area contributed by atoms with Crippen LogP contribution in [0.5, 0.6) is 5.75 Å². The van der Waals surface area contributed by atoms with Gasteiger partial charge in [0, 0.05) is 12.6 Å². The highest BCUT2D eigenvalue weighted by Gasteiger charge is 2.33. The lowest BCUT2D eigenvalue weighted by Gasteiger charge is -2.33. The lowest BCUT2D eigenvalue weighted by molar-refractivity contribution is -0.139. The molecule has 0 bridgehead atoms. The van der Waals surface area contributed by atoms with Gasteiger partial charge in [-0.15, -0.1) is 0 Å². The molecule has 1 N–H and O–H groups in total. The van der Waals surface area contributed by atoms with E-state index in [-0.39, 0.29) is 29.3 Å². The summed E-state index contributed by atoms with van der Waals surface area (Å²) in [6, 6.07) is 21.9. The molecule has 3 aromatic carbocycles. The summed E-state index contributed by atoms with van der Waals surface area (Å²) in [7, 11) is -2.52. The zero-order chi connectivity index (χ0) is 31.0. The van der Waals surface area contributed by atoms with E-state index in [9.17, 15) is 18.0 Å². The van der Waals surface area contributed by atoms with Crippen molar-refractivity contribution in [2.45, 2.75) is 82.3 Å². The van der Waals surface area contributed by atoms with Crippen LogP contribution < -0.4 is 14.4 Å². The van der Waals surface area contributed by atoms with Crippen LogP contribution in [-0.2, 0) is 26.2 Å². The first-order chi connectivity index (χ1) is 20.6. The summed E-state index contributed by atoms with van der Waals surface area (Å²) >= 11 is 0. The van der Waals surface area contributed by atoms with Gasteiger partial charge in [0.2, 0.25) is 11.8 Å². The molecule has 0 radical (unpaired) electrons. The van der Waals surface area contributed by atoms with Gasteiger partial charge in [-0.25, -0.2) is 8.42 Å². The third-order valence-electron chi connectivity index (χ3n) is 8.09. The number of amides is 2. The van der Waals surface area contributed by atoms with Crippen LogP contribution in [0.4, 0.5) is 5.69 Å². The van der Waals surface area contributed by atoms with E-state index in [1.807, 2.05) is 24.3 Å². The summed E-state index contributed by atoms with van der Waals surface area (Å²) in [5, 5.41) is 3.13. The second-order valence-corrected chi connectivity index (χ2v) is 13.3. The molecule has 9 heteroatoms. The maximum absolute atomic E-state index is 14.2. The highest BCUT2D eigenvalue weighted by molar-refractivity contribution is 7.92. The smallest absolute Gasteiger partial charge is 0.264 e. The fourth-order valence-corrected chi connectivity index (χ4v) is 6.79. The number of nitrogens with one attached hydrogen (secondary N) is 1. The average molecular weight is 606 g/mol. The number of ether oxygens (including phenoxy) is 1.